The fraction of sp³-hybridized carbons (Fsp3) is 0.429. The van der Waals surface area contributed by atoms with E-state index in [1.807, 2.05) is 32.0 Å². The highest BCUT2D eigenvalue weighted by molar-refractivity contribution is 5.97. The van der Waals surface area contributed by atoms with Crippen LogP contribution in [0.2, 0.25) is 0 Å². The van der Waals surface area contributed by atoms with E-state index in [-0.39, 0.29) is 5.91 Å². The van der Waals surface area contributed by atoms with Gasteiger partial charge in [-0.1, -0.05) is 0 Å². The van der Waals surface area contributed by atoms with E-state index in [1.54, 1.807) is 11.2 Å². The number of carbonyl (C=O) groups excluding carboxylic acids is 1. The second kappa shape index (κ2) is 6.33. The Kier molecular flexibility index (Phi) is 4.52. The number of likely N-dealkylation sites (N-methyl/N-ethyl adjacent to an activating group) is 1. The minimum absolute atomic E-state index is 0.0266. The standard InChI is InChI=1S/C14H19N3O2/c1-3-17(7-8-19-4-2)14(18)11-5-6-12-13(9-11)16-10-15-12/h5-6,9-10H,3-4,7-8H2,1-2H3,(H,15,16). The summed E-state index contributed by atoms with van der Waals surface area (Å²) in [5.41, 5.74) is 2.43. The first kappa shape index (κ1) is 13.5. The number of ether oxygens (including phenoxy) is 1. The van der Waals surface area contributed by atoms with Crippen molar-refractivity contribution < 1.29 is 9.53 Å². The number of hydrogen-bond acceptors (Lipinski definition) is 3. The average molecular weight is 261 g/mol. The zero-order chi connectivity index (χ0) is 13.7. The third-order valence-electron chi connectivity index (χ3n) is 3.05. The van der Waals surface area contributed by atoms with Crippen LogP contribution in [0.5, 0.6) is 0 Å². The highest BCUT2D eigenvalue weighted by Gasteiger charge is 2.14. The first-order valence-corrected chi connectivity index (χ1v) is 6.56. The molecule has 5 nitrogen and oxygen atoms in total. The Morgan fingerprint density at radius 1 is 1.42 bits per heavy atom. The highest BCUT2D eigenvalue weighted by atomic mass is 16.5. The van der Waals surface area contributed by atoms with Gasteiger partial charge in [0.1, 0.15) is 0 Å². The molecule has 1 aromatic carbocycles. The lowest BCUT2D eigenvalue weighted by atomic mass is 10.1. The largest absolute Gasteiger partial charge is 0.380 e. The number of aromatic nitrogens is 2. The van der Waals surface area contributed by atoms with Gasteiger partial charge in [-0.2, -0.15) is 0 Å². The number of imidazole rings is 1. The predicted octanol–water partition coefficient (Wildman–Crippen LogP) is 2.06. The van der Waals surface area contributed by atoms with Crippen molar-refractivity contribution in [2.24, 2.45) is 0 Å². The van der Waals surface area contributed by atoms with E-state index in [0.717, 1.165) is 11.0 Å². The van der Waals surface area contributed by atoms with E-state index < -0.39 is 0 Å². The maximum absolute atomic E-state index is 12.4. The van der Waals surface area contributed by atoms with Crippen LogP contribution in [0.1, 0.15) is 24.2 Å². The third kappa shape index (κ3) is 3.12. The van der Waals surface area contributed by atoms with Gasteiger partial charge in [-0.3, -0.25) is 4.79 Å². The lowest BCUT2D eigenvalue weighted by molar-refractivity contribution is 0.0669. The van der Waals surface area contributed by atoms with Gasteiger partial charge in [-0.15, -0.1) is 0 Å². The Hall–Kier alpha value is -1.88. The summed E-state index contributed by atoms with van der Waals surface area (Å²) >= 11 is 0. The number of carbonyl (C=O) groups is 1. The van der Waals surface area contributed by atoms with Crippen molar-refractivity contribution in [2.45, 2.75) is 13.8 Å². The molecule has 5 heteroatoms. The monoisotopic (exact) mass is 261 g/mol. The number of benzene rings is 1. The molecule has 2 aromatic rings. The Balaban J connectivity index is 2.11. The zero-order valence-corrected chi connectivity index (χ0v) is 11.3. The van der Waals surface area contributed by atoms with Crippen LogP contribution in [0.4, 0.5) is 0 Å². The second-order valence-corrected chi connectivity index (χ2v) is 4.22. The lowest BCUT2D eigenvalue weighted by Gasteiger charge is -2.20. The fourth-order valence-corrected chi connectivity index (χ4v) is 1.97. The minimum Gasteiger partial charge on any atom is -0.380 e. The molecular formula is C14H19N3O2. The lowest BCUT2D eigenvalue weighted by Crippen LogP contribution is -2.33. The Labute approximate surface area is 112 Å². The summed E-state index contributed by atoms with van der Waals surface area (Å²) in [7, 11) is 0. The molecular weight excluding hydrogens is 242 g/mol. The summed E-state index contributed by atoms with van der Waals surface area (Å²) in [5.74, 6) is 0.0266. The summed E-state index contributed by atoms with van der Waals surface area (Å²) < 4.78 is 5.30. The number of nitrogens with one attached hydrogen (secondary N) is 1. The Morgan fingerprint density at radius 2 is 2.26 bits per heavy atom. The summed E-state index contributed by atoms with van der Waals surface area (Å²) in [5, 5.41) is 0. The molecule has 0 bridgehead atoms. The number of amides is 1. The molecule has 0 aliphatic rings. The van der Waals surface area contributed by atoms with Crippen molar-refractivity contribution in [3.8, 4) is 0 Å². The fourth-order valence-electron chi connectivity index (χ4n) is 1.97. The molecule has 0 fully saturated rings. The van der Waals surface area contributed by atoms with Gasteiger partial charge in [0, 0.05) is 25.3 Å². The molecule has 0 spiro atoms. The van der Waals surface area contributed by atoms with Gasteiger partial charge in [0.2, 0.25) is 0 Å². The SMILES string of the molecule is CCOCCN(CC)C(=O)c1ccc2nc[nH]c2c1. The molecule has 0 atom stereocenters. The van der Waals surface area contributed by atoms with E-state index in [2.05, 4.69) is 9.97 Å². The van der Waals surface area contributed by atoms with Gasteiger partial charge in [0.15, 0.2) is 0 Å². The molecule has 1 amide bonds. The molecule has 19 heavy (non-hydrogen) atoms. The molecule has 0 aliphatic heterocycles. The quantitative estimate of drug-likeness (QED) is 0.810. The summed E-state index contributed by atoms with van der Waals surface area (Å²) in [6.07, 6.45) is 1.63. The van der Waals surface area contributed by atoms with E-state index in [1.165, 1.54) is 0 Å². The van der Waals surface area contributed by atoms with Gasteiger partial charge in [0.05, 0.1) is 24.0 Å². The first-order chi connectivity index (χ1) is 9.26. The number of aromatic amines is 1. The van der Waals surface area contributed by atoms with E-state index >= 15 is 0 Å². The van der Waals surface area contributed by atoms with Crippen molar-refractivity contribution >= 4 is 16.9 Å². The number of rotatable bonds is 6. The van der Waals surface area contributed by atoms with Crippen molar-refractivity contribution in [2.75, 3.05) is 26.3 Å². The smallest absolute Gasteiger partial charge is 0.254 e. The normalized spacial score (nSPS) is 10.8. The van der Waals surface area contributed by atoms with Crippen LogP contribution >= 0.6 is 0 Å². The summed E-state index contributed by atoms with van der Waals surface area (Å²) in [6, 6.07) is 5.51. The Morgan fingerprint density at radius 3 is 3.00 bits per heavy atom. The predicted molar refractivity (Wildman–Crippen MR) is 74.2 cm³/mol. The number of nitrogens with zero attached hydrogens (tertiary/aromatic N) is 2. The van der Waals surface area contributed by atoms with Crippen LogP contribution in [0.25, 0.3) is 11.0 Å². The van der Waals surface area contributed by atoms with Crippen LogP contribution in [-0.4, -0.2) is 47.1 Å². The maximum atomic E-state index is 12.4. The molecule has 0 unspecified atom stereocenters. The molecule has 0 radical (unpaired) electrons. The molecule has 102 valence electrons. The molecule has 0 aliphatic carbocycles. The molecule has 1 N–H and O–H groups in total. The van der Waals surface area contributed by atoms with Gasteiger partial charge < -0.3 is 14.6 Å². The first-order valence-electron chi connectivity index (χ1n) is 6.56. The minimum atomic E-state index is 0.0266. The number of fused-ring (bicyclic) bond motifs is 1. The van der Waals surface area contributed by atoms with E-state index in [9.17, 15) is 4.79 Å². The molecule has 0 saturated carbocycles. The topological polar surface area (TPSA) is 58.2 Å². The second-order valence-electron chi connectivity index (χ2n) is 4.22. The highest BCUT2D eigenvalue weighted by Crippen LogP contribution is 2.13. The van der Waals surface area contributed by atoms with Crippen molar-refractivity contribution in [1.29, 1.82) is 0 Å². The van der Waals surface area contributed by atoms with Gasteiger partial charge >= 0.3 is 0 Å². The van der Waals surface area contributed by atoms with Gasteiger partial charge in [-0.05, 0) is 32.0 Å². The summed E-state index contributed by atoms with van der Waals surface area (Å²) in [6.45, 7) is 6.45. The van der Waals surface area contributed by atoms with Crippen molar-refractivity contribution in [3.63, 3.8) is 0 Å². The maximum Gasteiger partial charge on any atom is 0.254 e. The van der Waals surface area contributed by atoms with Crippen LogP contribution < -0.4 is 0 Å². The van der Waals surface area contributed by atoms with Crippen LogP contribution in [0.3, 0.4) is 0 Å². The van der Waals surface area contributed by atoms with Crippen LogP contribution in [0.15, 0.2) is 24.5 Å². The van der Waals surface area contributed by atoms with Crippen LogP contribution in [0, 0.1) is 0 Å². The number of H-pyrrole nitrogens is 1. The average Bonchev–Trinajstić information content (AvgIpc) is 2.90. The van der Waals surface area contributed by atoms with E-state index in [0.29, 0.717) is 31.9 Å². The van der Waals surface area contributed by atoms with Crippen LogP contribution in [-0.2, 0) is 4.74 Å². The van der Waals surface area contributed by atoms with Crippen molar-refractivity contribution in [1.82, 2.24) is 14.9 Å². The van der Waals surface area contributed by atoms with E-state index in [4.69, 9.17) is 4.74 Å². The van der Waals surface area contributed by atoms with Gasteiger partial charge in [-0.25, -0.2) is 4.98 Å². The molecule has 1 aromatic heterocycles. The zero-order valence-electron chi connectivity index (χ0n) is 11.3. The summed E-state index contributed by atoms with van der Waals surface area (Å²) in [4.78, 5) is 21.3. The molecule has 0 saturated heterocycles. The third-order valence-corrected chi connectivity index (χ3v) is 3.05. The number of hydrogen-bond donors (Lipinski definition) is 1. The Bertz CT molecular complexity index is 550. The molecule has 2 rings (SSSR count). The molecule has 1 heterocycles. The van der Waals surface area contributed by atoms with Gasteiger partial charge in [0.25, 0.3) is 5.91 Å². The van der Waals surface area contributed by atoms with Crippen molar-refractivity contribution in [3.05, 3.63) is 30.1 Å².